The third-order valence-corrected chi connectivity index (χ3v) is 3.59. The average Bonchev–Trinajstić information content (AvgIpc) is 2.88. The van der Waals surface area contributed by atoms with E-state index in [9.17, 15) is 4.79 Å². The van der Waals surface area contributed by atoms with Crippen LogP contribution in [0.3, 0.4) is 0 Å². The number of nitrogens with one attached hydrogen (secondary N) is 1. The van der Waals surface area contributed by atoms with Crippen molar-refractivity contribution >= 4 is 11.7 Å². The Bertz CT molecular complexity index is 401. The molecule has 1 saturated carbocycles. The molecular formula is C14H20N2O2. The monoisotopic (exact) mass is 248 g/mol. The second kappa shape index (κ2) is 6.38. The fourth-order valence-electron chi connectivity index (χ4n) is 2.63. The first kappa shape index (κ1) is 12.9. The van der Waals surface area contributed by atoms with Crippen LogP contribution in [0.2, 0.25) is 0 Å². The molecule has 1 aliphatic rings. The van der Waals surface area contributed by atoms with Gasteiger partial charge in [-0.15, -0.1) is 0 Å². The molecule has 0 radical (unpaired) electrons. The van der Waals surface area contributed by atoms with Gasteiger partial charge in [0.05, 0.1) is 5.69 Å². The van der Waals surface area contributed by atoms with Crippen molar-refractivity contribution < 1.29 is 9.90 Å². The van der Waals surface area contributed by atoms with E-state index in [1.165, 1.54) is 38.3 Å². The zero-order valence-electron chi connectivity index (χ0n) is 10.6. The highest BCUT2D eigenvalue weighted by Crippen LogP contribution is 2.28. The van der Waals surface area contributed by atoms with Gasteiger partial charge in [0.2, 0.25) is 0 Å². The van der Waals surface area contributed by atoms with Crippen molar-refractivity contribution in [3.63, 3.8) is 0 Å². The highest BCUT2D eigenvalue weighted by molar-refractivity contribution is 5.91. The van der Waals surface area contributed by atoms with Crippen molar-refractivity contribution in [1.82, 2.24) is 4.98 Å². The van der Waals surface area contributed by atoms with Gasteiger partial charge in [-0.05, 0) is 30.9 Å². The van der Waals surface area contributed by atoms with Gasteiger partial charge >= 0.3 is 5.97 Å². The minimum Gasteiger partial charge on any atom is -0.476 e. The molecule has 2 rings (SSSR count). The molecule has 1 aliphatic carbocycles. The van der Waals surface area contributed by atoms with E-state index in [0.29, 0.717) is 5.69 Å². The van der Waals surface area contributed by atoms with E-state index >= 15 is 0 Å². The Balaban J connectivity index is 1.77. The number of carboxylic acids is 1. The molecule has 1 aromatic heterocycles. The zero-order valence-corrected chi connectivity index (χ0v) is 10.6. The maximum Gasteiger partial charge on any atom is 0.356 e. The van der Waals surface area contributed by atoms with Crippen LogP contribution in [0.15, 0.2) is 18.3 Å². The molecule has 0 bridgehead atoms. The molecule has 0 aliphatic heterocycles. The van der Waals surface area contributed by atoms with Crippen LogP contribution < -0.4 is 5.32 Å². The van der Waals surface area contributed by atoms with Gasteiger partial charge in [0.1, 0.15) is 0 Å². The summed E-state index contributed by atoms with van der Waals surface area (Å²) in [6.07, 6.45) is 9.34. The van der Waals surface area contributed by atoms with Gasteiger partial charge in [0, 0.05) is 12.7 Å². The summed E-state index contributed by atoms with van der Waals surface area (Å²) in [5.41, 5.74) is 0.731. The van der Waals surface area contributed by atoms with E-state index in [1.54, 1.807) is 12.1 Å². The second-order valence-electron chi connectivity index (χ2n) is 4.92. The maximum atomic E-state index is 11.0. The van der Waals surface area contributed by atoms with Crippen molar-refractivity contribution in [2.75, 3.05) is 11.9 Å². The normalized spacial score (nSPS) is 15.8. The third kappa shape index (κ3) is 3.45. The van der Waals surface area contributed by atoms with Crippen LogP contribution >= 0.6 is 0 Å². The number of pyridine rings is 1. The predicted molar refractivity (Wildman–Crippen MR) is 70.9 cm³/mol. The number of hydrogen-bond acceptors (Lipinski definition) is 3. The number of carboxylic acid groups (broad SMARTS) is 1. The van der Waals surface area contributed by atoms with Crippen LogP contribution in [-0.2, 0) is 0 Å². The minimum atomic E-state index is -0.978. The largest absolute Gasteiger partial charge is 0.476 e. The molecule has 1 heterocycles. The van der Waals surface area contributed by atoms with Crippen LogP contribution in [-0.4, -0.2) is 22.6 Å². The molecule has 0 aromatic carbocycles. The van der Waals surface area contributed by atoms with Crippen LogP contribution in [0, 0.1) is 5.92 Å². The zero-order chi connectivity index (χ0) is 12.8. The van der Waals surface area contributed by atoms with Gasteiger partial charge in [-0.1, -0.05) is 25.7 Å². The molecule has 0 spiro atoms. The van der Waals surface area contributed by atoms with Gasteiger partial charge in [0.15, 0.2) is 5.69 Å². The van der Waals surface area contributed by atoms with Gasteiger partial charge in [-0.25, -0.2) is 9.78 Å². The van der Waals surface area contributed by atoms with E-state index in [-0.39, 0.29) is 5.69 Å². The molecule has 0 saturated heterocycles. The van der Waals surface area contributed by atoms with Gasteiger partial charge in [-0.3, -0.25) is 0 Å². The van der Waals surface area contributed by atoms with Crippen LogP contribution in [0.1, 0.15) is 49.0 Å². The Hall–Kier alpha value is -1.58. The van der Waals surface area contributed by atoms with Crippen LogP contribution in [0.5, 0.6) is 0 Å². The van der Waals surface area contributed by atoms with Gasteiger partial charge < -0.3 is 10.4 Å². The average molecular weight is 248 g/mol. The molecule has 4 nitrogen and oxygen atoms in total. The number of hydrogen-bond donors (Lipinski definition) is 2. The highest BCUT2D eigenvalue weighted by atomic mass is 16.4. The number of rotatable bonds is 6. The molecule has 4 heteroatoms. The van der Waals surface area contributed by atoms with E-state index in [1.807, 2.05) is 0 Å². The minimum absolute atomic E-state index is 0.110. The van der Waals surface area contributed by atoms with Gasteiger partial charge in [0.25, 0.3) is 0 Å². The summed E-state index contributed by atoms with van der Waals surface area (Å²) in [6, 6.07) is 3.53. The smallest absolute Gasteiger partial charge is 0.356 e. The van der Waals surface area contributed by atoms with Crippen molar-refractivity contribution in [1.29, 1.82) is 0 Å². The molecular weight excluding hydrogens is 228 g/mol. The summed E-state index contributed by atoms with van der Waals surface area (Å²) >= 11 is 0. The first-order chi connectivity index (χ1) is 8.77. The fraction of sp³-hybridized carbons (Fsp3) is 0.571. The third-order valence-electron chi connectivity index (χ3n) is 3.59. The number of nitrogens with zero attached hydrogens (tertiary/aromatic N) is 1. The molecule has 0 amide bonds. The quantitative estimate of drug-likeness (QED) is 0.759. The van der Waals surface area contributed by atoms with Crippen molar-refractivity contribution in [3.05, 3.63) is 24.0 Å². The van der Waals surface area contributed by atoms with E-state index < -0.39 is 5.97 Å². The van der Waals surface area contributed by atoms with Crippen molar-refractivity contribution in [2.24, 2.45) is 5.92 Å². The summed E-state index contributed by atoms with van der Waals surface area (Å²) < 4.78 is 0. The van der Waals surface area contributed by atoms with Crippen molar-refractivity contribution in [2.45, 2.75) is 38.5 Å². The molecule has 18 heavy (non-hydrogen) atoms. The number of aromatic nitrogens is 1. The number of carbonyl (C=O) groups is 1. The van der Waals surface area contributed by atoms with E-state index in [4.69, 9.17) is 5.11 Å². The standard InChI is InChI=1S/C14H20N2O2/c17-14(18)13-12(8-4-10-16-13)15-9-3-7-11-5-1-2-6-11/h4,8,10-11,15H,1-3,5-7,9H2,(H,17,18). The number of aromatic carboxylic acids is 1. The molecule has 0 unspecified atom stereocenters. The summed E-state index contributed by atoms with van der Waals surface area (Å²) in [5.74, 6) is -0.0893. The lowest BCUT2D eigenvalue weighted by molar-refractivity contribution is 0.0691. The molecule has 98 valence electrons. The first-order valence-corrected chi connectivity index (χ1v) is 6.69. The molecule has 2 N–H and O–H groups in total. The fourth-order valence-corrected chi connectivity index (χ4v) is 2.63. The van der Waals surface area contributed by atoms with E-state index in [0.717, 1.165) is 18.9 Å². The molecule has 1 aromatic rings. The summed E-state index contributed by atoms with van der Waals surface area (Å²) in [5, 5.41) is 12.2. The predicted octanol–water partition coefficient (Wildman–Crippen LogP) is 3.16. The molecule has 0 atom stereocenters. The lowest BCUT2D eigenvalue weighted by Gasteiger charge is -2.11. The van der Waals surface area contributed by atoms with Gasteiger partial charge in [-0.2, -0.15) is 0 Å². The SMILES string of the molecule is O=C(O)c1ncccc1NCCCC1CCCC1. The summed E-state index contributed by atoms with van der Waals surface area (Å²) in [7, 11) is 0. The Kier molecular flexibility index (Phi) is 4.56. The Labute approximate surface area is 107 Å². The van der Waals surface area contributed by atoms with Crippen LogP contribution in [0.4, 0.5) is 5.69 Å². The Morgan fingerprint density at radius 2 is 2.22 bits per heavy atom. The van der Waals surface area contributed by atoms with Crippen molar-refractivity contribution in [3.8, 4) is 0 Å². The topological polar surface area (TPSA) is 62.2 Å². The second-order valence-corrected chi connectivity index (χ2v) is 4.92. The lowest BCUT2D eigenvalue weighted by atomic mass is 10.0. The van der Waals surface area contributed by atoms with E-state index in [2.05, 4.69) is 10.3 Å². The highest BCUT2D eigenvalue weighted by Gasteiger charge is 2.14. The molecule has 1 fully saturated rings. The van der Waals surface area contributed by atoms with Crippen LogP contribution in [0.25, 0.3) is 0 Å². The summed E-state index contributed by atoms with van der Waals surface area (Å²) in [6.45, 7) is 0.822. The lowest BCUT2D eigenvalue weighted by Crippen LogP contribution is -2.10. The first-order valence-electron chi connectivity index (χ1n) is 6.69. The number of anilines is 1. The summed E-state index contributed by atoms with van der Waals surface area (Å²) in [4.78, 5) is 14.8. The maximum absolute atomic E-state index is 11.0. The Morgan fingerprint density at radius 3 is 2.94 bits per heavy atom. The Morgan fingerprint density at radius 1 is 1.44 bits per heavy atom.